The van der Waals surface area contributed by atoms with Gasteiger partial charge in [-0.25, -0.2) is 0 Å². The van der Waals surface area contributed by atoms with Gasteiger partial charge < -0.3 is 15.4 Å². The van der Waals surface area contributed by atoms with Gasteiger partial charge >= 0.3 is 0 Å². The van der Waals surface area contributed by atoms with Crippen LogP contribution in [0, 0.1) is 0 Å². The third kappa shape index (κ3) is 5.58. The first-order chi connectivity index (χ1) is 10.8. The standard InChI is InChI=1S/C18H26N2O3/c1-12(17(22)19-11-16(21)20-14-7-8-14)23-15-9-5-13(6-10-15)18(2,3)4/h5-6,9-10,12,14H,7-8,11H2,1-4H3,(H,19,22)(H,20,21). The molecular formula is C18H26N2O3. The average molecular weight is 318 g/mol. The van der Waals surface area contributed by atoms with Crippen LogP contribution >= 0.6 is 0 Å². The highest BCUT2D eigenvalue weighted by atomic mass is 16.5. The molecule has 2 N–H and O–H groups in total. The van der Waals surface area contributed by atoms with Crippen LogP contribution in [0.2, 0.25) is 0 Å². The molecule has 1 atom stereocenters. The first-order valence-electron chi connectivity index (χ1n) is 8.10. The van der Waals surface area contributed by atoms with Gasteiger partial charge in [-0.05, 0) is 42.9 Å². The minimum absolute atomic E-state index is 0.00794. The van der Waals surface area contributed by atoms with Crippen molar-refractivity contribution in [2.45, 2.75) is 58.1 Å². The molecule has 1 aromatic rings. The van der Waals surface area contributed by atoms with Crippen molar-refractivity contribution in [1.82, 2.24) is 10.6 Å². The van der Waals surface area contributed by atoms with E-state index in [1.54, 1.807) is 6.92 Å². The van der Waals surface area contributed by atoms with Crippen LogP contribution < -0.4 is 15.4 Å². The lowest BCUT2D eigenvalue weighted by atomic mass is 9.87. The zero-order valence-corrected chi connectivity index (χ0v) is 14.3. The first kappa shape index (κ1) is 17.3. The molecule has 0 aromatic heterocycles. The van der Waals surface area contributed by atoms with Crippen molar-refractivity contribution in [3.05, 3.63) is 29.8 Å². The summed E-state index contributed by atoms with van der Waals surface area (Å²) in [5.41, 5.74) is 1.29. The van der Waals surface area contributed by atoms with E-state index >= 15 is 0 Å². The molecule has 5 heteroatoms. The van der Waals surface area contributed by atoms with E-state index in [4.69, 9.17) is 4.74 Å². The van der Waals surface area contributed by atoms with Crippen LogP contribution in [0.15, 0.2) is 24.3 Å². The Kier molecular flexibility index (Phi) is 5.29. The molecule has 0 radical (unpaired) electrons. The Morgan fingerprint density at radius 1 is 1.22 bits per heavy atom. The van der Waals surface area contributed by atoms with Crippen molar-refractivity contribution >= 4 is 11.8 Å². The number of nitrogens with one attached hydrogen (secondary N) is 2. The number of carbonyl (C=O) groups excluding carboxylic acids is 2. The fraction of sp³-hybridized carbons (Fsp3) is 0.556. The van der Waals surface area contributed by atoms with Gasteiger partial charge in [-0.1, -0.05) is 32.9 Å². The van der Waals surface area contributed by atoms with Gasteiger partial charge in [0.15, 0.2) is 6.10 Å². The molecule has 5 nitrogen and oxygen atoms in total. The highest BCUT2D eigenvalue weighted by Crippen LogP contribution is 2.24. The Morgan fingerprint density at radius 3 is 2.35 bits per heavy atom. The molecule has 1 aliphatic carbocycles. The topological polar surface area (TPSA) is 67.4 Å². The van der Waals surface area contributed by atoms with E-state index < -0.39 is 6.10 Å². The van der Waals surface area contributed by atoms with Crippen molar-refractivity contribution in [2.24, 2.45) is 0 Å². The summed E-state index contributed by atoms with van der Waals surface area (Å²) < 4.78 is 5.63. The highest BCUT2D eigenvalue weighted by Gasteiger charge is 2.23. The second-order valence-corrected chi connectivity index (χ2v) is 7.09. The van der Waals surface area contributed by atoms with Crippen molar-refractivity contribution in [3.63, 3.8) is 0 Å². The maximum absolute atomic E-state index is 12.0. The summed E-state index contributed by atoms with van der Waals surface area (Å²) in [6, 6.07) is 8.04. The molecule has 126 valence electrons. The van der Waals surface area contributed by atoms with E-state index in [-0.39, 0.29) is 23.8 Å². The molecule has 0 saturated heterocycles. The molecule has 23 heavy (non-hydrogen) atoms. The van der Waals surface area contributed by atoms with Crippen molar-refractivity contribution in [2.75, 3.05) is 6.54 Å². The predicted octanol–water partition coefficient (Wildman–Crippen LogP) is 2.15. The molecule has 1 aliphatic rings. The summed E-state index contributed by atoms with van der Waals surface area (Å²) in [5, 5.41) is 5.42. The Hall–Kier alpha value is -2.04. The van der Waals surface area contributed by atoms with Gasteiger partial charge in [0.2, 0.25) is 5.91 Å². The second-order valence-electron chi connectivity index (χ2n) is 7.09. The maximum Gasteiger partial charge on any atom is 0.261 e. The quantitative estimate of drug-likeness (QED) is 0.844. The first-order valence-corrected chi connectivity index (χ1v) is 8.10. The number of rotatable bonds is 6. The minimum Gasteiger partial charge on any atom is -0.481 e. The van der Waals surface area contributed by atoms with Crippen molar-refractivity contribution in [3.8, 4) is 5.75 Å². The number of benzene rings is 1. The monoisotopic (exact) mass is 318 g/mol. The summed E-state index contributed by atoms with van der Waals surface area (Å²) in [7, 11) is 0. The van der Waals surface area contributed by atoms with Crippen LogP contribution in [0.3, 0.4) is 0 Å². The molecule has 1 fully saturated rings. The summed E-state index contributed by atoms with van der Waals surface area (Å²) >= 11 is 0. The normalized spacial score (nSPS) is 15.7. The summed E-state index contributed by atoms with van der Waals surface area (Å²) in [4.78, 5) is 23.5. The number of carbonyl (C=O) groups is 2. The van der Waals surface area contributed by atoms with Crippen LogP contribution in [0.4, 0.5) is 0 Å². The van der Waals surface area contributed by atoms with Crippen LogP contribution in [0.5, 0.6) is 5.75 Å². The van der Waals surface area contributed by atoms with Crippen molar-refractivity contribution < 1.29 is 14.3 Å². The van der Waals surface area contributed by atoms with Gasteiger partial charge in [0.1, 0.15) is 5.75 Å². The molecule has 0 heterocycles. The van der Waals surface area contributed by atoms with E-state index in [2.05, 4.69) is 31.4 Å². The van der Waals surface area contributed by atoms with E-state index in [1.165, 1.54) is 5.56 Å². The van der Waals surface area contributed by atoms with Crippen LogP contribution in [0.25, 0.3) is 0 Å². The molecule has 2 amide bonds. The van der Waals surface area contributed by atoms with E-state index in [9.17, 15) is 9.59 Å². The Morgan fingerprint density at radius 2 is 1.83 bits per heavy atom. The molecule has 0 spiro atoms. The predicted molar refractivity (Wildman–Crippen MR) is 89.4 cm³/mol. The highest BCUT2D eigenvalue weighted by molar-refractivity contribution is 5.87. The Balaban J connectivity index is 1.79. The summed E-state index contributed by atoms with van der Waals surface area (Å²) in [6.07, 6.45) is 1.41. The van der Waals surface area contributed by atoms with E-state index in [0.29, 0.717) is 11.8 Å². The second kappa shape index (κ2) is 7.02. The minimum atomic E-state index is -0.649. The summed E-state index contributed by atoms with van der Waals surface area (Å²) in [5.74, 6) is 0.196. The zero-order valence-electron chi connectivity index (χ0n) is 14.3. The number of hydrogen-bond acceptors (Lipinski definition) is 3. The largest absolute Gasteiger partial charge is 0.481 e. The van der Waals surface area contributed by atoms with E-state index in [1.807, 2.05) is 24.3 Å². The Bertz CT molecular complexity index is 557. The average Bonchev–Trinajstić information content (AvgIpc) is 3.28. The van der Waals surface area contributed by atoms with Gasteiger partial charge in [-0.2, -0.15) is 0 Å². The fourth-order valence-corrected chi connectivity index (χ4v) is 2.11. The lowest BCUT2D eigenvalue weighted by Gasteiger charge is -2.20. The van der Waals surface area contributed by atoms with E-state index in [0.717, 1.165) is 12.8 Å². The lowest BCUT2D eigenvalue weighted by molar-refractivity contribution is -0.130. The molecule has 1 aromatic carbocycles. The molecule has 1 unspecified atom stereocenters. The molecule has 1 saturated carbocycles. The van der Waals surface area contributed by atoms with Gasteiger partial charge in [0.25, 0.3) is 5.91 Å². The van der Waals surface area contributed by atoms with Gasteiger partial charge in [0.05, 0.1) is 6.54 Å². The van der Waals surface area contributed by atoms with Crippen LogP contribution in [0.1, 0.15) is 46.1 Å². The van der Waals surface area contributed by atoms with Gasteiger partial charge in [0, 0.05) is 6.04 Å². The summed E-state index contributed by atoms with van der Waals surface area (Å²) in [6.45, 7) is 8.10. The van der Waals surface area contributed by atoms with Gasteiger partial charge in [-0.15, -0.1) is 0 Å². The van der Waals surface area contributed by atoms with Crippen LogP contribution in [-0.4, -0.2) is 30.5 Å². The van der Waals surface area contributed by atoms with Gasteiger partial charge in [-0.3, -0.25) is 9.59 Å². The maximum atomic E-state index is 12.0. The Labute approximate surface area is 137 Å². The molecule has 2 rings (SSSR count). The number of hydrogen-bond donors (Lipinski definition) is 2. The SMILES string of the molecule is CC(Oc1ccc(C(C)(C)C)cc1)C(=O)NCC(=O)NC1CC1. The smallest absolute Gasteiger partial charge is 0.261 e. The third-order valence-corrected chi connectivity index (χ3v) is 3.77. The number of amides is 2. The molecule has 0 aliphatic heterocycles. The fourth-order valence-electron chi connectivity index (χ4n) is 2.11. The number of ether oxygens (including phenoxy) is 1. The zero-order chi connectivity index (χ0) is 17.0. The van der Waals surface area contributed by atoms with Crippen LogP contribution in [-0.2, 0) is 15.0 Å². The molecular weight excluding hydrogens is 292 g/mol. The molecule has 0 bridgehead atoms. The lowest BCUT2D eigenvalue weighted by Crippen LogP contribution is -2.42. The third-order valence-electron chi connectivity index (χ3n) is 3.77. The van der Waals surface area contributed by atoms with Crippen molar-refractivity contribution in [1.29, 1.82) is 0 Å².